The summed E-state index contributed by atoms with van der Waals surface area (Å²) in [6, 6.07) is 0.536. The number of hydrogen-bond acceptors (Lipinski definition) is 3. The number of nitrogens with two attached hydrogens (primary N) is 1. The lowest BCUT2D eigenvalue weighted by Gasteiger charge is -2.18. The van der Waals surface area contributed by atoms with Gasteiger partial charge in [0.25, 0.3) is 0 Å². The second-order valence-electron chi connectivity index (χ2n) is 6.08. The van der Waals surface area contributed by atoms with Crippen LogP contribution in [0.2, 0.25) is 0 Å². The number of carbonyl (C=O) groups excluding carboxylic acids is 1. The topological polar surface area (TPSA) is 58.4 Å². The Kier molecular flexibility index (Phi) is 6.65. The van der Waals surface area contributed by atoms with E-state index in [-0.39, 0.29) is 18.0 Å². The molecule has 1 saturated heterocycles. The van der Waals surface area contributed by atoms with E-state index in [0.717, 1.165) is 31.8 Å². The molecule has 1 fully saturated rings. The minimum absolute atomic E-state index is 0.140. The smallest absolute Gasteiger partial charge is 0.234 e. The summed E-state index contributed by atoms with van der Waals surface area (Å²) in [5.41, 5.74) is 5.82. The van der Waals surface area contributed by atoms with Crippen LogP contribution in [0.15, 0.2) is 0 Å². The van der Waals surface area contributed by atoms with E-state index in [1.807, 2.05) is 0 Å². The Balaban J connectivity index is 2.11. The van der Waals surface area contributed by atoms with Crippen LogP contribution in [0.1, 0.15) is 46.5 Å². The van der Waals surface area contributed by atoms with E-state index in [0.29, 0.717) is 6.54 Å². The summed E-state index contributed by atoms with van der Waals surface area (Å²) in [7, 11) is 0. The fourth-order valence-corrected chi connectivity index (χ4v) is 2.43. The van der Waals surface area contributed by atoms with Gasteiger partial charge >= 0.3 is 0 Å². The van der Waals surface area contributed by atoms with E-state index in [9.17, 15) is 4.79 Å². The second kappa shape index (κ2) is 7.74. The van der Waals surface area contributed by atoms with Crippen molar-refractivity contribution in [2.24, 2.45) is 11.7 Å². The van der Waals surface area contributed by atoms with Crippen LogP contribution in [-0.4, -0.2) is 42.5 Å². The number of nitrogens with one attached hydrogen (secondary N) is 1. The van der Waals surface area contributed by atoms with Gasteiger partial charge < -0.3 is 11.1 Å². The van der Waals surface area contributed by atoms with Gasteiger partial charge in [-0.05, 0) is 25.7 Å². The number of hydrogen-bond donors (Lipinski definition) is 2. The maximum absolute atomic E-state index is 11.8. The Bertz CT molecular complexity index is 255. The number of amides is 1. The highest BCUT2D eigenvalue weighted by Crippen LogP contribution is 2.09. The monoisotopic (exact) mass is 255 g/mol. The molecule has 1 heterocycles. The maximum atomic E-state index is 11.8. The summed E-state index contributed by atoms with van der Waals surface area (Å²) < 4.78 is 0. The molecule has 0 spiro atoms. The average molecular weight is 255 g/mol. The van der Waals surface area contributed by atoms with E-state index < -0.39 is 0 Å². The average Bonchev–Trinajstić information content (AvgIpc) is 2.62. The summed E-state index contributed by atoms with van der Waals surface area (Å²) >= 11 is 0. The number of likely N-dealkylation sites (tertiary alicyclic amines) is 1. The first-order chi connectivity index (χ1) is 8.47. The van der Waals surface area contributed by atoms with E-state index >= 15 is 0 Å². The molecule has 0 radical (unpaired) electrons. The van der Waals surface area contributed by atoms with Crippen LogP contribution in [0.5, 0.6) is 0 Å². The first-order valence-corrected chi connectivity index (χ1v) is 7.24. The van der Waals surface area contributed by atoms with E-state index in [1.165, 1.54) is 12.8 Å². The Morgan fingerprint density at radius 2 is 2.11 bits per heavy atom. The standard InChI is InChI=1S/C14H29N3O/c1-11(2)5-4-6-12(3)16-14(18)10-17-8-7-13(15)9-17/h11-13H,4-10,15H2,1-3H3,(H,16,18)/t12?,13-/m0/s1. The predicted molar refractivity (Wildman–Crippen MR) is 75.3 cm³/mol. The van der Waals surface area contributed by atoms with Crippen molar-refractivity contribution < 1.29 is 4.79 Å². The summed E-state index contributed by atoms with van der Waals surface area (Å²) in [5, 5.41) is 3.07. The molecule has 18 heavy (non-hydrogen) atoms. The summed E-state index contributed by atoms with van der Waals surface area (Å²) in [5.74, 6) is 0.889. The fraction of sp³-hybridized carbons (Fsp3) is 0.929. The van der Waals surface area contributed by atoms with E-state index in [4.69, 9.17) is 5.73 Å². The van der Waals surface area contributed by atoms with Crippen LogP contribution in [-0.2, 0) is 4.79 Å². The van der Waals surface area contributed by atoms with Gasteiger partial charge in [0.2, 0.25) is 5.91 Å². The lowest BCUT2D eigenvalue weighted by Crippen LogP contribution is -2.41. The van der Waals surface area contributed by atoms with Crippen molar-refractivity contribution in [1.82, 2.24) is 10.2 Å². The Morgan fingerprint density at radius 1 is 1.39 bits per heavy atom. The molecule has 1 unspecified atom stereocenters. The first kappa shape index (κ1) is 15.4. The van der Waals surface area contributed by atoms with Crippen molar-refractivity contribution in [3.05, 3.63) is 0 Å². The van der Waals surface area contributed by atoms with Crippen molar-refractivity contribution in [3.63, 3.8) is 0 Å². The highest BCUT2D eigenvalue weighted by Gasteiger charge is 2.21. The Morgan fingerprint density at radius 3 is 2.67 bits per heavy atom. The molecule has 1 rings (SSSR count). The van der Waals surface area contributed by atoms with Crippen molar-refractivity contribution in [1.29, 1.82) is 0 Å². The Labute approximate surface area is 111 Å². The SMILES string of the molecule is CC(C)CCCC(C)NC(=O)CN1CC[C@H](N)C1. The molecule has 2 atom stereocenters. The molecule has 4 nitrogen and oxygen atoms in total. The molecule has 0 saturated carbocycles. The summed E-state index contributed by atoms with van der Waals surface area (Å²) in [4.78, 5) is 14.0. The Hall–Kier alpha value is -0.610. The van der Waals surface area contributed by atoms with Crippen LogP contribution >= 0.6 is 0 Å². The minimum atomic E-state index is 0.140. The van der Waals surface area contributed by atoms with Gasteiger partial charge in [0.1, 0.15) is 0 Å². The lowest BCUT2D eigenvalue weighted by molar-refractivity contribution is -0.122. The number of rotatable bonds is 7. The van der Waals surface area contributed by atoms with Crippen molar-refractivity contribution in [2.45, 2.75) is 58.5 Å². The third kappa shape index (κ3) is 6.36. The van der Waals surface area contributed by atoms with Gasteiger partial charge in [-0.15, -0.1) is 0 Å². The maximum Gasteiger partial charge on any atom is 0.234 e. The van der Waals surface area contributed by atoms with E-state index in [1.54, 1.807) is 0 Å². The van der Waals surface area contributed by atoms with Crippen LogP contribution in [0.3, 0.4) is 0 Å². The third-order valence-corrected chi connectivity index (χ3v) is 3.50. The largest absolute Gasteiger partial charge is 0.353 e. The molecule has 106 valence electrons. The predicted octanol–water partition coefficient (Wildman–Crippen LogP) is 1.35. The van der Waals surface area contributed by atoms with Crippen molar-refractivity contribution in [2.75, 3.05) is 19.6 Å². The van der Waals surface area contributed by atoms with Crippen molar-refractivity contribution >= 4 is 5.91 Å². The number of carbonyl (C=O) groups is 1. The van der Waals surface area contributed by atoms with Crippen molar-refractivity contribution in [3.8, 4) is 0 Å². The molecule has 0 aromatic rings. The third-order valence-electron chi connectivity index (χ3n) is 3.50. The zero-order valence-electron chi connectivity index (χ0n) is 12.1. The van der Waals surface area contributed by atoms with Gasteiger partial charge in [-0.2, -0.15) is 0 Å². The molecule has 1 aliphatic heterocycles. The van der Waals surface area contributed by atoms with Gasteiger partial charge in [-0.25, -0.2) is 0 Å². The molecule has 0 aromatic carbocycles. The van der Waals surface area contributed by atoms with E-state index in [2.05, 4.69) is 31.0 Å². The van der Waals surface area contributed by atoms with Gasteiger partial charge in [0, 0.05) is 25.2 Å². The molecule has 1 amide bonds. The van der Waals surface area contributed by atoms with Gasteiger partial charge in [0.05, 0.1) is 6.54 Å². The quantitative estimate of drug-likeness (QED) is 0.722. The van der Waals surface area contributed by atoms with Crippen LogP contribution < -0.4 is 11.1 Å². The van der Waals surface area contributed by atoms with Gasteiger partial charge in [0.15, 0.2) is 0 Å². The van der Waals surface area contributed by atoms with Crippen LogP contribution in [0.4, 0.5) is 0 Å². The van der Waals surface area contributed by atoms with Gasteiger partial charge in [-0.1, -0.05) is 26.7 Å². The molecular weight excluding hydrogens is 226 g/mol. The minimum Gasteiger partial charge on any atom is -0.353 e. The zero-order chi connectivity index (χ0) is 13.5. The highest BCUT2D eigenvalue weighted by molar-refractivity contribution is 5.78. The van der Waals surface area contributed by atoms with Gasteiger partial charge in [-0.3, -0.25) is 9.69 Å². The molecule has 4 heteroatoms. The molecular formula is C14H29N3O. The number of nitrogens with zero attached hydrogens (tertiary/aromatic N) is 1. The molecule has 1 aliphatic rings. The second-order valence-corrected chi connectivity index (χ2v) is 6.08. The fourth-order valence-electron chi connectivity index (χ4n) is 2.43. The molecule has 0 aromatic heterocycles. The molecule has 0 bridgehead atoms. The zero-order valence-corrected chi connectivity index (χ0v) is 12.1. The molecule has 3 N–H and O–H groups in total. The summed E-state index contributed by atoms with van der Waals surface area (Å²) in [6.07, 6.45) is 4.51. The highest BCUT2D eigenvalue weighted by atomic mass is 16.2. The van der Waals surface area contributed by atoms with Crippen LogP contribution in [0, 0.1) is 5.92 Å². The first-order valence-electron chi connectivity index (χ1n) is 7.24. The lowest BCUT2D eigenvalue weighted by atomic mass is 10.0. The normalized spacial score (nSPS) is 22.4. The molecule has 0 aliphatic carbocycles. The summed E-state index contributed by atoms with van der Waals surface area (Å²) in [6.45, 7) is 8.88. The van der Waals surface area contributed by atoms with Crippen LogP contribution in [0.25, 0.3) is 0 Å².